The van der Waals surface area contributed by atoms with Crippen LogP contribution in [0.25, 0.3) is 0 Å². The van der Waals surface area contributed by atoms with Crippen molar-refractivity contribution in [2.75, 3.05) is 13.7 Å². The van der Waals surface area contributed by atoms with E-state index in [1.807, 2.05) is 6.07 Å². The van der Waals surface area contributed by atoms with Crippen LogP contribution in [-0.4, -0.2) is 13.7 Å². The van der Waals surface area contributed by atoms with E-state index in [2.05, 4.69) is 42.6 Å². The Morgan fingerprint density at radius 3 is 3.00 bits per heavy atom. The minimum atomic E-state index is 0.381. The van der Waals surface area contributed by atoms with Crippen molar-refractivity contribution in [2.24, 2.45) is 5.92 Å². The van der Waals surface area contributed by atoms with Crippen molar-refractivity contribution in [2.45, 2.75) is 32.2 Å². The van der Waals surface area contributed by atoms with Crippen LogP contribution in [0, 0.1) is 5.92 Å². The third kappa shape index (κ3) is 3.61. The van der Waals surface area contributed by atoms with Crippen LogP contribution in [0.15, 0.2) is 36.4 Å². The quantitative estimate of drug-likeness (QED) is 0.799. The molecule has 0 bridgehead atoms. The molecular formula is C16H23NO. The van der Waals surface area contributed by atoms with Crippen LogP contribution in [0.5, 0.6) is 5.75 Å². The molecule has 2 nitrogen and oxygen atoms in total. The highest BCUT2D eigenvalue weighted by atomic mass is 16.5. The highest BCUT2D eigenvalue weighted by Crippen LogP contribution is 2.21. The summed E-state index contributed by atoms with van der Waals surface area (Å²) in [4.78, 5) is 0. The minimum Gasteiger partial charge on any atom is -0.497 e. The SMILES string of the molecule is COc1cccc(C(C)NCC2CC=CCC2)c1. The number of rotatable bonds is 5. The van der Waals surface area contributed by atoms with Gasteiger partial charge in [-0.3, -0.25) is 0 Å². The van der Waals surface area contributed by atoms with Crippen molar-refractivity contribution >= 4 is 0 Å². The van der Waals surface area contributed by atoms with Gasteiger partial charge in [0.05, 0.1) is 7.11 Å². The molecule has 98 valence electrons. The van der Waals surface area contributed by atoms with Gasteiger partial charge in [-0.2, -0.15) is 0 Å². The van der Waals surface area contributed by atoms with Crippen molar-refractivity contribution in [1.29, 1.82) is 0 Å². The summed E-state index contributed by atoms with van der Waals surface area (Å²) in [6.07, 6.45) is 8.38. The summed E-state index contributed by atoms with van der Waals surface area (Å²) in [7, 11) is 1.71. The highest BCUT2D eigenvalue weighted by Gasteiger charge is 2.12. The van der Waals surface area contributed by atoms with Gasteiger partial charge >= 0.3 is 0 Å². The van der Waals surface area contributed by atoms with Gasteiger partial charge in [0.25, 0.3) is 0 Å². The molecule has 1 aromatic rings. The molecule has 1 N–H and O–H groups in total. The maximum atomic E-state index is 5.26. The third-order valence-corrected chi connectivity index (χ3v) is 3.68. The van der Waals surface area contributed by atoms with E-state index in [0.29, 0.717) is 6.04 Å². The molecule has 2 heteroatoms. The summed E-state index contributed by atoms with van der Waals surface area (Å²) < 4.78 is 5.26. The first-order valence-corrected chi connectivity index (χ1v) is 6.82. The molecule has 1 aliphatic carbocycles. The zero-order valence-electron chi connectivity index (χ0n) is 11.4. The van der Waals surface area contributed by atoms with Crippen molar-refractivity contribution in [3.63, 3.8) is 0 Å². The van der Waals surface area contributed by atoms with Gasteiger partial charge in [0.15, 0.2) is 0 Å². The number of hydrogen-bond acceptors (Lipinski definition) is 2. The van der Waals surface area contributed by atoms with Crippen LogP contribution in [0.1, 0.15) is 37.8 Å². The average molecular weight is 245 g/mol. The molecule has 0 radical (unpaired) electrons. The van der Waals surface area contributed by atoms with Gasteiger partial charge in [-0.15, -0.1) is 0 Å². The molecule has 1 aromatic carbocycles. The highest BCUT2D eigenvalue weighted by molar-refractivity contribution is 5.30. The lowest BCUT2D eigenvalue weighted by atomic mass is 9.94. The lowest BCUT2D eigenvalue weighted by Gasteiger charge is -2.22. The zero-order valence-corrected chi connectivity index (χ0v) is 11.4. The van der Waals surface area contributed by atoms with Crippen LogP contribution in [-0.2, 0) is 0 Å². The fourth-order valence-electron chi connectivity index (χ4n) is 2.41. The fraction of sp³-hybridized carbons (Fsp3) is 0.500. The largest absolute Gasteiger partial charge is 0.497 e. The molecular weight excluding hydrogens is 222 g/mol. The lowest BCUT2D eigenvalue weighted by molar-refractivity contribution is 0.406. The molecule has 2 rings (SSSR count). The Kier molecular flexibility index (Phi) is 4.82. The molecule has 0 aliphatic heterocycles. The summed E-state index contributed by atoms with van der Waals surface area (Å²) in [6, 6.07) is 8.68. The van der Waals surface area contributed by atoms with Gasteiger partial charge in [-0.1, -0.05) is 24.3 Å². The van der Waals surface area contributed by atoms with Gasteiger partial charge in [-0.25, -0.2) is 0 Å². The maximum Gasteiger partial charge on any atom is 0.119 e. The zero-order chi connectivity index (χ0) is 12.8. The first-order chi connectivity index (χ1) is 8.79. The van der Waals surface area contributed by atoms with Gasteiger partial charge in [0.1, 0.15) is 5.75 Å². The van der Waals surface area contributed by atoms with Crippen molar-refractivity contribution in [1.82, 2.24) is 5.32 Å². The molecule has 0 spiro atoms. The average Bonchev–Trinajstić information content (AvgIpc) is 2.46. The van der Waals surface area contributed by atoms with Gasteiger partial charge in [-0.05, 0) is 56.3 Å². The van der Waals surface area contributed by atoms with Crippen molar-refractivity contribution in [3.05, 3.63) is 42.0 Å². The van der Waals surface area contributed by atoms with E-state index >= 15 is 0 Å². The Morgan fingerprint density at radius 1 is 1.39 bits per heavy atom. The van der Waals surface area contributed by atoms with Gasteiger partial charge in [0, 0.05) is 6.04 Å². The summed E-state index contributed by atoms with van der Waals surface area (Å²) in [5, 5.41) is 3.63. The first-order valence-electron chi connectivity index (χ1n) is 6.82. The molecule has 0 saturated carbocycles. The second kappa shape index (κ2) is 6.60. The molecule has 2 atom stereocenters. The Balaban J connectivity index is 1.86. The molecule has 0 saturated heterocycles. The van der Waals surface area contributed by atoms with Crippen LogP contribution in [0.2, 0.25) is 0 Å². The van der Waals surface area contributed by atoms with Gasteiger partial charge in [0.2, 0.25) is 0 Å². The number of benzene rings is 1. The number of hydrogen-bond donors (Lipinski definition) is 1. The summed E-state index contributed by atoms with van der Waals surface area (Å²) in [6.45, 7) is 3.32. The summed E-state index contributed by atoms with van der Waals surface area (Å²) in [5.74, 6) is 1.73. The molecule has 18 heavy (non-hydrogen) atoms. The maximum absolute atomic E-state index is 5.26. The first kappa shape index (κ1) is 13.2. The predicted octanol–water partition coefficient (Wildman–Crippen LogP) is 3.70. The Labute approximate surface area is 110 Å². The molecule has 0 heterocycles. The molecule has 1 aliphatic rings. The molecule has 0 aromatic heterocycles. The Hall–Kier alpha value is -1.28. The Bertz CT molecular complexity index is 400. The second-order valence-electron chi connectivity index (χ2n) is 5.06. The van der Waals surface area contributed by atoms with Crippen LogP contribution in [0.4, 0.5) is 0 Å². The summed E-state index contributed by atoms with van der Waals surface area (Å²) >= 11 is 0. The standard InChI is InChI=1S/C16H23NO/c1-13(15-9-6-10-16(11-15)18-2)17-12-14-7-4-3-5-8-14/h3-4,6,9-11,13-14,17H,5,7-8,12H2,1-2H3. The normalized spacial score (nSPS) is 20.7. The second-order valence-corrected chi connectivity index (χ2v) is 5.06. The van der Waals surface area contributed by atoms with Crippen LogP contribution >= 0.6 is 0 Å². The fourth-order valence-corrected chi connectivity index (χ4v) is 2.41. The van der Waals surface area contributed by atoms with E-state index in [1.165, 1.54) is 24.8 Å². The van der Waals surface area contributed by atoms with Crippen molar-refractivity contribution in [3.8, 4) is 5.75 Å². The van der Waals surface area contributed by atoms with E-state index < -0.39 is 0 Å². The van der Waals surface area contributed by atoms with Crippen LogP contribution < -0.4 is 10.1 Å². The predicted molar refractivity (Wildman–Crippen MR) is 75.9 cm³/mol. The van der Waals surface area contributed by atoms with Crippen molar-refractivity contribution < 1.29 is 4.74 Å². The van der Waals surface area contributed by atoms with E-state index in [-0.39, 0.29) is 0 Å². The number of allylic oxidation sites excluding steroid dienone is 2. The van der Waals surface area contributed by atoms with E-state index in [9.17, 15) is 0 Å². The monoisotopic (exact) mass is 245 g/mol. The third-order valence-electron chi connectivity index (χ3n) is 3.68. The molecule has 0 amide bonds. The Morgan fingerprint density at radius 2 is 2.28 bits per heavy atom. The van der Waals surface area contributed by atoms with E-state index in [0.717, 1.165) is 18.2 Å². The smallest absolute Gasteiger partial charge is 0.119 e. The molecule has 0 fully saturated rings. The van der Waals surface area contributed by atoms with Crippen LogP contribution in [0.3, 0.4) is 0 Å². The number of methoxy groups -OCH3 is 1. The number of ether oxygens (including phenoxy) is 1. The topological polar surface area (TPSA) is 21.3 Å². The summed E-state index contributed by atoms with van der Waals surface area (Å²) in [5.41, 5.74) is 1.29. The minimum absolute atomic E-state index is 0.381. The lowest BCUT2D eigenvalue weighted by Crippen LogP contribution is -2.26. The number of nitrogens with one attached hydrogen (secondary N) is 1. The molecule has 2 unspecified atom stereocenters. The van der Waals surface area contributed by atoms with E-state index in [1.54, 1.807) is 7.11 Å². The van der Waals surface area contributed by atoms with E-state index in [4.69, 9.17) is 4.74 Å². The van der Waals surface area contributed by atoms with Gasteiger partial charge < -0.3 is 10.1 Å².